The number of aromatic amines is 1. The minimum Gasteiger partial charge on any atom is -0.337 e. The van der Waals surface area contributed by atoms with Crippen LogP contribution in [0.25, 0.3) is 10.9 Å². The number of rotatable bonds is 5. The van der Waals surface area contributed by atoms with Crippen molar-refractivity contribution in [1.29, 1.82) is 0 Å². The van der Waals surface area contributed by atoms with Crippen molar-refractivity contribution in [1.82, 2.24) is 19.6 Å². The molecule has 0 fully saturated rings. The van der Waals surface area contributed by atoms with Crippen LogP contribution in [-0.2, 0) is 21.4 Å². The fourth-order valence-corrected chi connectivity index (χ4v) is 2.96. The minimum absolute atomic E-state index is 0.0642. The number of nitrogens with zero attached hydrogens (tertiary/aromatic N) is 2. The average Bonchev–Trinajstić information content (AvgIpc) is 2.44. The Morgan fingerprint density at radius 3 is 2.70 bits per heavy atom. The highest BCUT2D eigenvalue weighted by Gasteiger charge is 2.21. The Morgan fingerprint density at radius 1 is 1.39 bits per heavy atom. The molecule has 2 N–H and O–H groups in total. The second-order valence-electron chi connectivity index (χ2n) is 5.34. The standard InChI is InChI=1S/C14H18N4O4S/c1-9(17-23(3,21)22)14(20)18(2)8-12-15-11-7-5-4-6-10(11)13(19)16-12/h4-7,9,17H,8H2,1-3H3,(H,15,16,19). The number of likely N-dealkylation sites (N-methyl/N-ethyl adjacent to an activating group) is 1. The second-order valence-corrected chi connectivity index (χ2v) is 7.12. The van der Waals surface area contributed by atoms with Crippen LogP contribution in [0.4, 0.5) is 0 Å². The van der Waals surface area contributed by atoms with Gasteiger partial charge in [-0.15, -0.1) is 0 Å². The minimum atomic E-state index is -3.48. The van der Waals surface area contributed by atoms with Crippen molar-refractivity contribution in [3.63, 3.8) is 0 Å². The zero-order chi connectivity index (χ0) is 17.2. The van der Waals surface area contributed by atoms with Crippen molar-refractivity contribution in [3.05, 3.63) is 40.4 Å². The molecule has 1 atom stereocenters. The summed E-state index contributed by atoms with van der Waals surface area (Å²) in [4.78, 5) is 32.4. The predicted molar refractivity (Wildman–Crippen MR) is 86.3 cm³/mol. The van der Waals surface area contributed by atoms with E-state index in [2.05, 4.69) is 14.7 Å². The number of carbonyl (C=O) groups excluding carboxylic acids is 1. The van der Waals surface area contributed by atoms with Crippen LogP contribution < -0.4 is 10.3 Å². The fourth-order valence-electron chi connectivity index (χ4n) is 2.21. The highest BCUT2D eigenvalue weighted by Crippen LogP contribution is 2.07. The summed E-state index contributed by atoms with van der Waals surface area (Å²) in [7, 11) is -1.97. The highest BCUT2D eigenvalue weighted by molar-refractivity contribution is 7.88. The van der Waals surface area contributed by atoms with Crippen molar-refractivity contribution in [3.8, 4) is 0 Å². The lowest BCUT2D eigenvalue weighted by molar-refractivity contribution is -0.131. The zero-order valence-electron chi connectivity index (χ0n) is 13.0. The molecule has 1 heterocycles. The molecule has 1 aromatic carbocycles. The smallest absolute Gasteiger partial charge is 0.258 e. The number of hydrogen-bond donors (Lipinski definition) is 2. The Labute approximate surface area is 133 Å². The molecule has 2 rings (SSSR count). The van der Waals surface area contributed by atoms with Crippen LogP contribution in [0.1, 0.15) is 12.7 Å². The molecule has 0 aliphatic heterocycles. The normalized spacial score (nSPS) is 13.0. The van der Waals surface area contributed by atoms with E-state index in [1.807, 2.05) is 0 Å². The number of hydrogen-bond acceptors (Lipinski definition) is 5. The molecule has 0 aliphatic rings. The Balaban J connectivity index is 2.18. The van der Waals surface area contributed by atoms with Gasteiger partial charge in [-0.25, -0.2) is 18.1 Å². The Hall–Kier alpha value is -2.26. The first-order valence-electron chi connectivity index (χ1n) is 6.87. The SMILES string of the molecule is CC(NS(C)(=O)=O)C(=O)N(C)Cc1nc2ccccc2c(=O)[nH]1. The monoisotopic (exact) mass is 338 g/mol. The van der Waals surface area contributed by atoms with Gasteiger partial charge in [0.05, 0.1) is 29.7 Å². The van der Waals surface area contributed by atoms with E-state index >= 15 is 0 Å². The van der Waals surface area contributed by atoms with Crippen molar-refractivity contribution < 1.29 is 13.2 Å². The molecule has 1 unspecified atom stereocenters. The molecule has 23 heavy (non-hydrogen) atoms. The lowest BCUT2D eigenvalue weighted by Crippen LogP contribution is -2.45. The van der Waals surface area contributed by atoms with E-state index in [1.165, 1.54) is 18.9 Å². The van der Waals surface area contributed by atoms with E-state index in [0.29, 0.717) is 16.7 Å². The van der Waals surface area contributed by atoms with Crippen LogP contribution in [0.5, 0.6) is 0 Å². The lowest BCUT2D eigenvalue weighted by Gasteiger charge is -2.21. The van der Waals surface area contributed by atoms with Crippen LogP contribution in [0, 0.1) is 0 Å². The van der Waals surface area contributed by atoms with Crippen LogP contribution in [0.2, 0.25) is 0 Å². The van der Waals surface area contributed by atoms with Crippen molar-refractivity contribution in [2.75, 3.05) is 13.3 Å². The summed E-state index contributed by atoms with van der Waals surface area (Å²) < 4.78 is 24.6. The van der Waals surface area contributed by atoms with Gasteiger partial charge in [0.2, 0.25) is 15.9 Å². The van der Waals surface area contributed by atoms with E-state index in [0.717, 1.165) is 6.26 Å². The fraction of sp³-hybridized carbons (Fsp3) is 0.357. The molecule has 1 aromatic heterocycles. The maximum Gasteiger partial charge on any atom is 0.258 e. The summed E-state index contributed by atoms with van der Waals surface area (Å²) >= 11 is 0. The number of sulfonamides is 1. The Kier molecular flexibility index (Phi) is 4.81. The number of para-hydroxylation sites is 1. The van der Waals surface area contributed by atoms with Gasteiger partial charge < -0.3 is 9.88 Å². The van der Waals surface area contributed by atoms with Crippen molar-refractivity contribution in [2.24, 2.45) is 0 Å². The molecule has 0 spiro atoms. The number of benzene rings is 1. The van der Waals surface area contributed by atoms with E-state index in [-0.39, 0.29) is 12.1 Å². The first kappa shape index (κ1) is 17.1. The molecule has 1 amide bonds. The topological polar surface area (TPSA) is 112 Å². The third kappa shape index (κ3) is 4.36. The molecule has 0 saturated heterocycles. The average molecular weight is 338 g/mol. The van der Waals surface area contributed by atoms with Gasteiger partial charge >= 0.3 is 0 Å². The number of aromatic nitrogens is 2. The van der Waals surface area contributed by atoms with Gasteiger partial charge in [0, 0.05) is 7.05 Å². The molecular weight excluding hydrogens is 320 g/mol. The van der Waals surface area contributed by atoms with Gasteiger partial charge in [0.25, 0.3) is 5.56 Å². The third-order valence-electron chi connectivity index (χ3n) is 3.19. The Bertz CT molecular complexity index is 891. The number of fused-ring (bicyclic) bond motifs is 1. The predicted octanol–water partition coefficient (Wildman–Crippen LogP) is -0.181. The van der Waals surface area contributed by atoms with Gasteiger partial charge in [-0.05, 0) is 19.1 Å². The molecule has 9 heteroatoms. The Morgan fingerprint density at radius 2 is 2.04 bits per heavy atom. The highest BCUT2D eigenvalue weighted by atomic mass is 32.2. The van der Waals surface area contributed by atoms with Crippen LogP contribution in [-0.4, -0.2) is 48.5 Å². The summed E-state index contributed by atoms with van der Waals surface area (Å²) in [6, 6.07) is 5.99. The van der Waals surface area contributed by atoms with Gasteiger partial charge in [0.1, 0.15) is 5.82 Å². The van der Waals surface area contributed by atoms with E-state index in [4.69, 9.17) is 0 Å². The van der Waals surface area contributed by atoms with Crippen LogP contribution in [0.15, 0.2) is 29.1 Å². The number of H-pyrrole nitrogens is 1. The summed E-state index contributed by atoms with van der Waals surface area (Å²) in [6.45, 7) is 1.52. The van der Waals surface area contributed by atoms with Crippen molar-refractivity contribution >= 4 is 26.8 Å². The summed E-state index contributed by atoms with van der Waals surface area (Å²) in [5, 5.41) is 0.470. The lowest BCUT2D eigenvalue weighted by atomic mass is 10.2. The molecular formula is C14H18N4O4S. The summed E-state index contributed by atoms with van der Waals surface area (Å²) in [6.07, 6.45) is 0.985. The largest absolute Gasteiger partial charge is 0.337 e. The number of carbonyl (C=O) groups is 1. The molecule has 0 aliphatic carbocycles. The molecule has 124 valence electrons. The molecule has 0 bridgehead atoms. The van der Waals surface area contributed by atoms with Gasteiger partial charge in [-0.2, -0.15) is 0 Å². The van der Waals surface area contributed by atoms with Crippen molar-refractivity contribution in [2.45, 2.75) is 19.5 Å². The van der Waals surface area contributed by atoms with Gasteiger partial charge in [-0.1, -0.05) is 12.1 Å². The maximum atomic E-state index is 12.2. The maximum absolute atomic E-state index is 12.2. The number of nitrogens with one attached hydrogen (secondary N) is 2. The van der Waals surface area contributed by atoms with Crippen LogP contribution in [0.3, 0.4) is 0 Å². The number of amides is 1. The van der Waals surface area contributed by atoms with Gasteiger partial charge in [0.15, 0.2) is 0 Å². The quantitative estimate of drug-likeness (QED) is 0.785. The summed E-state index contributed by atoms with van der Waals surface area (Å²) in [5.74, 6) is -0.0951. The second kappa shape index (κ2) is 6.47. The zero-order valence-corrected chi connectivity index (χ0v) is 13.8. The third-order valence-corrected chi connectivity index (χ3v) is 3.97. The molecule has 8 nitrogen and oxygen atoms in total. The van der Waals surface area contributed by atoms with E-state index < -0.39 is 22.0 Å². The summed E-state index contributed by atoms with van der Waals surface area (Å²) in [5.41, 5.74) is 0.253. The first-order valence-corrected chi connectivity index (χ1v) is 8.77. The molecule has 2 aromatic rings. The molecule has 0 radical (unpaired) electrons. The van der Waals surface area contributed by atoms with Gasteiger partial charge in [-0.3, -0.25) is 9.59 Å². The first-order chi connectivity index (χ1) is 10.7. The van der Waals surface area contributed by atoms with E-state index in [1.54, 1.807) is 24.3 Å². The van der Waals surface area contributed by atoms with Crippen LogP contribution >= 0.6 is 0 Å². The van der Waals surface area contributed by atoms with E-state index in [9.17, 15) is 18.0 Å². The molecule has 0 saturated carbocycles.